The normalized spacial score (nSPS) is 18.9. The molecule has 1 fully saturated rings. The number of hydrogen-bond acceptors (Lipinski definition) is 4. The topological polar surface area (TPSA) is 70.4 Å². The molecule has 1 saturated heterocycles. The van der Waals surface area contributed by atoms with E-state index in [1.165, 1.54) is 0 Å². The molecule has 14 heavy (non-hydrogen) atoms. The Morgan fingerprint density at radius 2 is 2.29 bits per heavy atom. The fraction of sp³-hybridized carbons (Fsp3) is 0.889. The molecule has 1 rings (SSSR count). The maximum Gasteiger partial charge on any atom is 0.234 e. The van der Waals surface area contributed by atoms with E-state index in [9.17, 15) is 4.79 Å². The van der Waals surface area contributed by atoms with Gasteiger partial charge in [-0.15, -0.1) is 0 Å². The van der Waals surface area contributed by atoms with Gasteiger partial charge in [-0.25, -0.2) is 0 Å². The van der Waals surface area contributed by atoms with Crippen LogP contribution in [0.4, 0.5) is 0 Å². The number of nitrogens with one attached hydrogen (secondary N) is 2. The van der Waals surface area contributed by atoms with Gasteiger partial charge in [0.15, 0.2) is 0 Å². The Labute approximate surface area is 85.0 Å². The van der Waals surface area contributed by atoms with E-state index in [-0.39, 0.29) is 5.91 Å². The monoisotopic (exact) mass is 200 g/mol. The van der Waals surface area contributed by atoms with Gasteiger partial charge in [0.05, 0.1) is 6.54 Å². The van der Waals surface area contributed by atoms with Crippen LogP contribution < -0.4 is 16.4 Å². The highest BCUT2D eigenvalue weighted by Gasteiger charge is 2.11. The van der Waals surface area contributed by atoms with Crippen molar-refractivity contribution in [2.75, 3.05) is 45.8 Å². The van der Waals surface area contributed by atoms with Crippen LogP contribution in [0.15, 0.2) is 0 Å². The molecule has 0 saturated carbocycles. The van der Waals surface area contributed by atoms with Crippen molar-refractivity contribution in [3.8, 4) is 0 Å². The molecule has 0 spiro atoms. The molecule has 0 aliphatic carbocycles. The molecule has 0 bridgehead atoms. The van der Waals surface area contributed by atoms with E-state index in [1.54, 1.807) is 0 Å². The summed E-state index contributed by atoms with van der Waals surface area (Å²) in [4.78, 5) is 13.5. The first-order chi connectivity index (χ1) is 6.83. The van der Waals surface area contributed by atoms with Crippen molar-refractivity contribution >= 4 is 5.91 Å². The van der Waals surface area contributed by atoms with Gasteiger partial charge in [0.2, 0.25) is 5.91 Å². The molecule has 0 radical (unpaired) electrons. The molecule has 5 heteroatoms. The average Bonchev–Trinajstić information content (AvgIpc) is 2.43. The van der Waals surface area contributed by atoms with Crippen molar-refractivity contribution in [3.05, 3.63) is 0 Å². The fourth-order valence-electron chi connectivity index (χ4n) is 1.53. The maximum atomic E-state index is 11.4. The van der Waals surface area contributed by atoms with Gasteiger partial charge in [-0.05, 0) is 19.5 Å². The third-order valence-corrected chi connectivity index (χ3v) is 2.27. The molecular weight excluding hydrogens is 180 g/mol. The molecule has 0 aromatic carbocycles. The number of rotatable bonds is 4. The van der Waals surface area contributed by atoms with E-state index >= 15 is 0 Å². The molecule has 82 valence electrons. The standard InChI is InChI=1S/C9H20N4O/c10-2-4-12-9(14)8-13-6-1-3-11-5-7-13/h11H,1-8,10H2,(H,12,14). The van der Waals surface area contributed by atoms with Crippen LogP contribution in [0.1, 0.15) is 6.42 Å². The molecule has 5 nitrogen and oxygen atoms in total. The highest BCUT2D eigenvalue weighted by Crippen LogP contribution is 1.93. The average molecular weight is 200 g/mol. The highest BCUT2D eigenvalue weighted by molar-refractivity contribution is 5.77. The van der Waals surface area contributed by atoms with Gasteiger partial charge >= 0.3 is 0 Å². The van der Waals surface area contributed by atoms with E-state index < -0.39 is 0 Å². The Hall–Kier alpha value is -0.650. The van der Waals surface area contributed by atoms with Crippen molar-refractivity contribution in [3.63, 3.8) is 0 Å². The van der Waals surface area contributed by atoms with Crippen LogP contribution in [0, 0.1) is 0 Å². The van der Waals surface area contributed by atoms with Crippen molar-refractivity contribution < 1.29 is 4.79 Å². The van der Waals surface area contributed by atoms with Crippen LogP contribution in [0.5, 0.6) is 0 Å². The van der Waals surface area contributed by atoms with Crippen molar-refractivity contribution in [2.24, 2.45) is 5.73 Å². The Morgan fingerprint density at radius 1 is 1.43 bits per heavy atom. The van der Waals surface area contributed by atoms with E-state index in [1.807, 2.05) is 0 Å². The van der Waals surface area contributed by atoms with E-state index in [4.69, 9.17) is 5.73 Å². The molecular formula is C9H20N4O. The second-order valence-corrected chi connectivity index (χ2v) is 3.52. The molecule has 1 aliphatic rings. The van der Waals surface area contributed by atoms with Crippen LogP contribution in [-0.2, 0) is 4.79 Å². The Morgan fingerprint density at radius 3 is 3.07 bits per heavy atom. The summed E-state index contributed by atoms with van der Waals surface area (Å²) in [7, 11) is 0. The molecule has 1 amide bonds. The van der Waals surface area contributed by atoms with Gasteiger partial charge in [0.1, 0.15) is 0 Å². The molecule has 1 heterocycles. The summed E-state index contributed by atoms with van der Waals surface area (Å²) in [5.74, 6) is 0.0809. The first kappa shape index (κ1) is 11.4. The van der Waals surface area contributed by atoms with Crippen LogP contribution >= 0.6 is 0 Å². The summed E-state index contributed by atoms with van der Waals surface area (Å²) in [6.45, 7) is 5.57. The Balaban J connectivity index is 2.17. The summed E-state index contributed by atoms with van der Waals surface area (Å²) in [6, 6.07) is 0. The van der Waals surface area contributed by atoms with Gasteiger partial charge < -0.3 is 16.4 Å². The second-order valence-electron chi connectivity index (χ2n) is 3.52. The number of nitrogens with two attached hydrogens (primary N) is 1. The summed E-state index contributed by atoms with van der Waals surface area (Å²) in [5.41, 5.74) is 5.30. The molecule has 0 atom stereocenters. The molecule has 0 aromatic rings. The molecule has 0 aromatic heterocycles. The SMILES string of the molecule is NCCNC(=O)CN1CCCNCC1. The lowest BCUT2D eigenvalue weighted by Gasteiger charge is -2.18. The summed E-state index contributed by atoms with van der Waals surface area (Å²) < 4.78 is 0. The van der Waals surface area contributed by atoms with Gasteiger partial charge in [-0.2, -0.15) is 0 Å². The lowest BCUT2D eigenvalue weighted by atomic mass is 10.4. The number of amides is 1. The number of carbonyl (C=O) groups excluding carboxylic acids is 1. The largest absolute Gasteiger partial charge is 0.354 e. The molecule has 4 N–H and O–H groups in total. The fourth-order valence-corrected chi connectivity index (χ4v) is 1.53. The van der Waals surface area contributed by atoms with Crippen molar-refractivity contribution in [1.82, 2.24) is 15.5 Å². The van der Waals surface area contributed by atoms with Gasteiger partial charge in [0, 0.05) is 26.2 Å². The first-order valence-electron chi connectivity index (χ1n) is 5.23. The second kappa shape index (κ2) is 6.75. The quantitative estimate of drug-likeness (QED) is 0.509. The zero-order valence-electron chi connectivity index (χ0n) is 8.59. The number of hydrogen-bond donors (Lipinski definition) is 3. The lowest BCUT2D eigenvalue weighted by molar-refractivity contribution is -0.122. The van der Waals surface area contributed by atoms with E-state index in [2.05, 4.69) is 15.5 Å². The van der Waals surface area contributed by atoms with Gasteiger partial charge in [-0.1, -0.05) is 0 Å². The number of nitrogens with zero attached hydrogens (tertiary/aromatic N) is 1. The minimum atomic E-state index is 0.0809. The summed E-state index contributed by atoms with van der Waals surface area (Å²) in [5, 5.41) is 6.07. The third-order valence-electron chi connectivity index (χ3n) is 2.27. The first-order valence-corrected chi connectivity index (χ1v) is 5.23. The summed E-state index contributed by atoms with van der Waals surface area (Å²) in [6.07, 6.45) is 1.12. The van der Waals surface area contributed by atoms with Crippen molar-refractivity contribution in [2.45, 2.75) is 6.42 Å². The Kier molecular flexibility index (Phi) is 5.51. The van der Waals surface area contributed by atoms with Crippen LogP contribution in [0.3, 0.4) is 0 Å². The van der Waals surface area contributed by atoms with E-state index in [0.29, 0.717) is 19.6 Å². The number of carbonyl (C=O) groups is 1. The third kappa shape index (κ3) is 4.55. The lowest BCUT2D eigenvalue weighted by Crippen LogP contribution is -2.40. The molecule has 0 unspecified atom stereocenters. The smallest absolute Gasteiger partial charge is 0.234 e. The predicted octanol–water partition coefficient (Wildman–Crippen LogP) is -1.64. The Bertz CT molecular complexity index is 166. The van der Waals surface area contributed by atoms with Crippen LogP contribution in [-0.4, -0.2) is 56.6 Å². The zero-order valence-corrected chi connectivity index (χ0v) is 8.59. The molecule has 1 aliphatic heterocycles. The predicted molar refractivity (Wildman–Crippen MR) is 56.0 cm³/mol. The highest BCUT2D eigenvalue weighted by atomic mass is 16.2. The van der Waals surface area contributed by atoms with E-state index in [0.717, 1.165) is 32.6 Å². The van der Waals surface area contributed by atoms with Crippen LogP contribution in [0.25, 0.3) is 0 Å². The zero-order chi connectivity index (χ0) is 10.2. The summed E-state index contributed by atoms with van der Waals surface area (Å²) >= 11 is 0. The van der Waals surface area contributed by atoms with Gasteiger partial charge in [0.25, 0.3) is 0 Å². The van der Waals surface area contributed by atoms with Gasteiger partial charge in [-0.3, -0.25) is 9.69 Å². The van der Waals surface area contributed by atoms with Crippen LogP contribution in [0.2, 0.25) is 0 Å². The maximum absolute atomic E-state index is 11.4. The minimum absolute atomic E-state index is 0.0809. The minimum Gasteiger partial charge on any atom is -0.354 e. The van der Waals surface area contributed by atoms with Crippen molar-refractivity contribution in [1.29, 1.82) is 0 Å².